The van der Waals surface area contributed by atoms with Crippen LogP contribution in [0.4, 0.5) is 0 Å². The van der Waals surface area contributed by atoms with Gasteiger partial charge in [-0.1, -0.05) is 30.3 Å². The Balaban J connectivity index is 2.33. The standard InChI is InChI=1S/C12H19NO2/c14-8-6-12(7-9-15)13-10-11-4-2-1-3-5-11/h1-5,12-15H,6-10H2/p+1. The molecule has 3 nitrogen and oxygen atoms in total. The summed E-state index contributed by atoms with van der Waals surface area (Å²) >= 11 is 0. The van der Waals surface area contributed by atoms with Crippen molar-refractivity contribution in [1.82, 2.24) is 0 Å². The highest BCUT2D eigenvalue weighted by Gasteiger charge is 2.10. The minimum atomic E-state index is 0.190. The van der Waals surface area contributed by atoms with Crippen molar-refractivity contribution in [2.24, 2.45) is 0 Å². The first-order valence-electron chi connectivity index (χ1n) is 5.45. The van der Waals surface area contributed by atoms with Crippen LogP contribution < -0.4 is 5.32 Å². The molecule has 1 rings (SSSR count). The average Bonchev–Trinajstić information content (AvgIpc) is 2.28. The summed E-state index contributed by atoms with van der Waals surface area (Å²) in [6.07, 6.45) is 1.49. The summed E-state index contributed by atoms with van der Waals surface area (Å²) in [5, 5.41) is 19.9. The molecule has 0 fully saturated rings. The first kappa shape index (κ1) is 12.2. The number of benzene rings is 1. The number of hydrogen-bond acceptors (Lipinski definition) is 2. The van der Waals surface area contributed by atoms with Crippen molar-refractivity contribution in [3.05, 3.63) is 35.9 Å². The first-order valence-corrected chi connectivity index (χ1v) is 5.45. The SMILES string of the molecule is OCCC(CCO)[NH2+]Cc1ccccc1. The van der Waals surface area contributed by atoms with Crippen molar-refractivity contribution >= 4 is 0 Å². The van der Waals surface area contributed by atoms with E-state index in [2.05, 4.69) is 17.4 Å². The van der Waals surface area contributed by atoms with Gasteiger partial charge < -0.3 is 15.5 Å². The molecule has 0 aliphatic carbocycles. The van der Waals surface area contributed by atoms with E-state index in [0.29, 0.717) is 6.04 Å². The van der Waals surface area contributed by atoms with Gasteiger partial charge in [0, 0.05) is 31.6 Å². The normalized spacial score (nSPS) is 10.9. The monoisotopic (exact) mass is 210 g/mol. The molecule has 0 unspecified atom stereocenters. The Morgan fingerprint density at radius 1 is 1.00 bits per heavy atom. The Bertz CT molecular complexity index is 245. The second kappa shape index (κ2) is 7.40. The predicted octanol–water partition coefficient (Wildman–Crippen LogP) is -0.117. The quantitative estimate of drug-likeness (QED) is 0.588. The van der Waals surface area contributed by atoms with Gasteiger partial charge in [-0.05, 0) is 0 Å². The molecule has 0 amide bonds. The zero-order chi connectivity index (χ0) is 10.9. The molecule has 15 heavy (non-hydrogen) atoms. The summed E-state index contributed by atoms with van der Waals surface area (Å²) in [5.41, 5.74) is 1.28. The fraction of sp³-hybridized carbons (Fsp3) is 0.500. The van der Waals surface area contributed by atoms with Crippen LogP contribution in [0.2, 0.25) is 0 Å². The zero-order valence-corrected chi connectivity index (χ0v) is 8.97. The van der Waals surface area contributed by atoms with Crippen LogP contribution in [0.1, 0.15) is 18.4 Å². The smallest absolute Gasteiger partial charge is 0.101 e. The maximum atomic E-state index is 8.86. The number of aliphatic hydroxyl groups excluding tert-OH is 2. The summed E-state index contributed by atoms with van der Waals surface area (Å²) in [4.78, 5) is 0. The van der Waals surface area contributed by atoms with Crippen LogP contribution in [-0.2, 0) is 6.54 Å². The summed E-state index contributed by atoms with van der Waals surface area (Å²) in [6, 6.07) is 10.5. The molecule has 0 aromatic heterocycles. The number of hydrogen-bond donors (Lipinski definition) is 3. The van der Waals surface area contributed by atoms with Crippen LogP contribution in [0.25, 0.3) is 0 Å². The highest BCUT2D eigenvalue weighted by molar-refractivity contribution is 5.12. The molecule has 3 heteroatoms. The largest absolute Gasteiger partial charge is 0.396 e. The molecular weight excluding hydrogens is 190 g/mol. The molecule has 0 saturated heterocycles. The predicted molar refractivity (Wildman–Crippen MR) is 59.3 cm³/mol. The van der Waals surface area contributed by atoms with E-state index in [1.807, 2.05) is 18.2 Å². The van der Waals surface area contributed by atoms with Gasteiger partial charge in [-0.3, -0.25) is 0 Å². The lowest BCUT2D eigenvalue weighted by molar-refractivity contribution is -0.706. The second-order valence-electron chi connectivity index (χ2n) is 3.71. The third kappa shape index (κ3) is 4.93. The van der Waals surface area contributed by atoms with Crippen LogP contribution >= 0.6 is 0 Å². The number of nitrogens with two attached hydrogens (primary N) is 1. The molecule has 0 atom stereocenters. The fourth-order valence-corrected chi connectivity index (χ4v) is 1.63. The first-order chi connectivity index (χ1) is 7.36. The molecule has 84 valence electrons. The number of quaternary nitrogens is 1. The Labute approximate surface area is 90.8 Å². The highest BCUT2D eigenvalue weighted by atomic mass is 16.3. The molecule has 1 aromatic carbocycles. The third-order valence-electron chi connectivity index (χ3n) is 2.53. The molecule has 0 saturated carbocycles. The van der Waals surface area contributed by atoms with E-state index < -0.39 is 0 Å². The molecule has 0 spiro atoms. The van der Waals surface area contributed by atoms with E-state index in [4.69, 9.17) is 10.2 Å². The van der Waals surface area contributed by atoms with Gasteiger partial charge in [0.2, 0.25) is 0 Å². The van der Waals surface area contributed by atoms with E-state index in [9.17, 15) is 0 Å². The van der Waals surface area contributed by atoms with Crippen LogP contribution in [0.5, 0.6) is 0 Å². The van der Waals surface area contributed by atoms with Crippen molar-refractivity contribution in [1.29, 1.82) is 0 Å². The lowest BCUT2D eigenvalue weighted by Gasteiger charge is -2.13. The third-order valence-corrected chi connectivity index (χ3v) is 2.53. The topological polar surface area (TPSA) is 57.1 Å². The molecule has 4 N–H and O–H groups in total. The highest BCUT2D eigenvalue weighted by Crippen LogP contribution is 1.96. The van der Waals surface area contributed by atoms with Crippen LogP contribution in [-0.4, -0.2) is 29.5 Å². The van der Waals surface area contributed by atoms with E-state index in [1.54, 1.807) is 0 Å². The average molecular weight is 210 g/mol. The molecular formula is C12H20NO2+. The molecule has 0 radical (unpaired) electrons. The van der Waals surface area contributed by atoms with Gasteiger partial charge in [0.25, 0.3) is 0 Å². The van der Waals surface area contributed by atoms with Gasteiger partial charge in [0.15, 0.2) is 0 Å². The van der Waals surface area contributed by atoms with Gasteiger partial charge in [-0.25, -0.2) is 0 Å². The van der Waals surface area contributed by atoms with Crippen molar-refractivity contribution in [2.45, 2.75) is 25.4 Å². The van der Waals surface area contributed by atoms with Crippen LogP contribution in [0, 0.1) is 0 Å². The minimum Gasteiger partial charge on any atom is -0.396 e. The van der Waals surface area contributed by atoms with Gasteiger partial charge in [0.1, 0.15) is 6.54 Å². The molecule has 0 aliphatic heterocycles. The fourth-order valence-electron chi connectivity index (χ4n) is 1.63. The number of rotatable bonds is 7. The van der Waals surface area contributed by atoms with Crippen LogP contribution in [0.3, 0.4) is 0 Å². The zero-order valence-electron chi connectivity index (χ0n) is 8.97. The Hall–Kier alpha value is -0.900. The molecule has 0 aliphatic rings. The summed E-state index contributed by atoms with van der Waals surface area (Å²) in [6.45, 7) is 1.29. The number of aliphatic hydroxyl groups is 2. The molecule has 1 aromatic rings. The van der Waals surface area contributed by atoms with E-state index in [0.717, 1.165) is 19.4 Å². The summed E-state index contributed by atoms with van der Waals surface area (Å²) in [7, 11) is 0. The van der Waals surface area contributed by atoms with Crippen LogP contribution in [0.15, 0.2) is 30.3 Å². The lowest BCUT2D eigenvalue weighted by Crippen LogP contribution is -2.88. The lowest BCUT2D eigenvalue weighted by atomic mass is 10.1. The molecule has 0 bridgehead atoms. The Morgan fingerprint density at radius 3 is 2.13 bits per heavy atom. The molecule has 0 heterocycles. The van der Waals surface area contributed by atoms with Crippen molar-refractivity contribution < 1.29 is 15.5 Å². The Kier molecular flexibility index (Phi) is 6.00. The Morgan fingerprint density at radius 2 is 1.60 bits per heavy atom. The van der Waals surface area contributed by atoms with E-state index in [-0.39, 0.29) is 13.2 Å². The van der Waals surface area contributed by atoms with Crippen molar-refractivity contribution in [2.75, 3.05) is 13.2 Å². The van der Waals surface area contributed by atoms with Gasteiger partial charge in [-0.2, -0.15) is 0 Å². The van der Waals surface area contributed by atoms with Gasteiger partial charge >= 0.3 is 0 Å². The second-order valence-corrected chi connectivity index (χ2v) is 3.71. The maximum absolute atomic E-state index is 8.86. The summed E-state index contributed by atoms with van der Waals surface area (Å²) in [5.74, 6) is 0. The van der Waals surface area contributed by atoms with Crippen molar-refractivity contribution in [3.63, 3.8) is 0 Å². The maximum Gasteiger partial charge on any atom is 0.101 e. The van der Waals surface area contributed by atoms with E-state index >= 15 is 0 Å². The van der Waals surface area contributed by atoms with Gasteiger partial charge in [-0.15, -0.1) is 0 Å². The van der Waals surface area contributed by atoms with Gasteiger partial charge in [0.05, 0.1) is 6.04 Å². The summed E-state index contributed by atoms with van der Waals surface area (Å²) < 4.78 is 0. The minimum absolute atomic E-state index is 0.190. The van der Waals surface area contributed by atoms with Crippen molar-refractivity contribution in [3.8, 4) is 0 Å². The van der Waals surface area contributed by atoms with E-state index in [1.165, 1.54) is 5.56 Å².